The first-order valence-corrected chi connectivity index (χ1v) is 4.44. The van der Waals surface area contributed by atoms with Crippen LogP contribution in [0, 0.1) is 0 Å². The minimum absolute atomic E-state index is 0.174. The van der Waals surface area contributed by atoms with E-state index in [0.717, 1.165) is 0 Å². The molecule has 0 saturated heterocycles. The standard InChI is InChI=1S/C10H8Cl2O/c1-6(2)10(13)7-4-3-5-8(11)9(7)12/h3-5H,1H2,2H3. The lowest BCUT2D eigenvalue weighted by Crippen LogP contribution is -2.00. The van der Waals surface area contributed by atoms with Crippen molar-refractivity contribution in [2.24, 2.45) is 0 Å². The third-order valence-corrected chi connectivity index (χ3v) is 2.40. The van der Waals surface area contributed by atoms with Crippen LogP contribution in [0.2, 0.25) is 10.0 Å². The van der Waals surface area contributed by atoms with Crippen molar-refractivity contribution in [3.63, 3.8) is 0 Å². The first-order valence-electron chi connectivity index (χ1n) is 3.68. The minimum atomic E-state index is -0.174. The fourth-order valence-electron chi connectivity index (χ4n) is 0.909. The number of allylic oxidation sites excluding steroid dienone is 1. The molecule has 0 aliphatic carbocycles. The first kappa shape index (κ1) is 10.3. The summed E-state index contributed by atoms with van der Waals surface area (Å²) < 4.78 is 0. The van der Waals surface area contributed by atoms with E-state index >= 15 is 0 Å². The predicted molar refractivity (Wildman–Crippen MR) is 55.6 cm³/mol. The van der Waals surface area contributed by atoms with Gasteiger partial charge in [-0.25, -0.2) is 0 Å². The maximum absolute atomic E-state index is 11.5. The highest BCUT2D eigenvalue weighted by molar-refractivity contribution is 6.44. The van der Waals surface area contributed by atoms with Crippen LogP contribution < -0.4 is 0 Å². The van der Waals surface area contributed by atoms with E-state index in [9.17, 15) is 4.79 Å². The van der Waals surface area contributed by atoms with Gasteiger partial charge in [0, 0.05) is 5.56 Å². The quantitative estimate of drug-likeness (QED) is 0.542. The van der Waals surface area contributed by atoms with Crippen molar-refractivity contribution in [1.82, 2.24) is 0 Å². The van der Waals surface area contributed by atoms with Crippen molar-refractivity contribution in [1.29, 1.82) is 0 Å². The van der Waals surface area contributed by atoms with E-state index in [1.54, 1.807) is 25.1 Å². The molecule has 0 bridgehead atoms. The molecule has 0 fully saturated rings. The van der Waals surface area contributed by atoms with Gasteiger partial charge in [0.05, 0.1) is 10.0 Å². The molecule has 0 heterocycles. The maximum Gasteiger partial charge on any atom is 0.189 e. The Bertz CT molecular complexity index is 369. The number of ketones is 1. The number of halogens is 2. The number of hydrogen-bond donors (Lipinski definition) is 0. The number of carbonyl (C=O) groups excluding carboxylic acids is 1. The van der Waals surface area contributed by atoms with Gasteiger partial charge in [0.2, 0.25) is 0 Å². The van der Waals surface area contributed by atoms with Gasteiger partial charge in [-0.15, -0.1) is 0 Å². The molecule has 1 aromatic carbocycles. The summed E-state index contributed by atoms with van der Waals surface area (Å²) >= 11 is 11.6. The van der Waals surface area contributed by atoms with E-state index in [1.165, 1.54) is 0 Å². The number of hydrogen-bond acceptors (Lipinski definition) is 1. The number of Topliss-reactive ketones (excluding diaryl/α,β-unsaturated/α-hetero) is 1. The summed E-state index contributed by atoms with van der Waals surface area (Å²) in [6.45, 7) is 5.19. The summed E-state index contributed by atoms with van der Waals surface area (Å²) in [5.74, 6) is -0.174. The van der Waals surface area contributed by atoms with Gasteiger partial charge in [-0.3, -0.25) is 4.79 Å². The summed E-state index contributed by atoms with van der Waals surface area (Å²) in [7, 11) is 0. The smallest absolute Gasteiger partial charge is 0.189 e. The molecule has 0 aromatic heterocycles. The Morgan fingerprint density at radius 2 is 2.00 bits per heavy atom. The molecule has 3 heteroatoms. The van der Waals surface area contributed by atoms with E-state index in [2.05, 4.69) is 6.58 Å². The van der Waals surface area contributed by atoms with Crippen LogP contribution in [-0.2, 0) is 0 Å². The third kappa shape index (κ3) is 2.11. The van der Waals surface area contributed by atoms with Crippen LogP contribution in [0.4, 0.5) is 0 Å². The van der Waals surface area contributed by atoms with Gasteiger partial charge in [-0.05, 0) is 24.6 Å². The molecule has 68 valence electrons. The molecule has 0 spiro atoms. The summed E-state index contributed by atoms with van der Waals surface area (Å²) in [6.07, 6.45) is 0. The second kappa shape index (κ2) is 3.95. The van der Waals surface area contributed by atoms with Gasteiger partial charge in [0.15, 0.2) is 5.78 Å². The minimum Gasteiger partial charge on any atom is -0.289 e. The van der Waals surface area contributed by atoms with E-state index in [-0.39, 0.29) is 10.8 Å². The molecule has 0 aliphatic rings. The molecule has 0 N–H and O–H groups in total. The third-order valence-electron chi connectivity index (χ3n) is 1.58. The summed E-state index contributed by atoms with van der Waals surface area (Å²) in [5, 5.41) is 0.672. The van der Waals surface area contributed by atoms with Gasteiger partial charge in [-0.1, -0.05) is 35.8 Å². The van der Waals surface area contributed by atoms with E-state index in [0.29, 0.717) is 16.2 Å². The second-order valence-corrected chi connectivity index (χ2v) is 3.50. The van der Waals surface area contributed by atoms with Crippen LogP contribution in [0.3, 0.4) is 0 Å². The van der Waals surface area contributed by atoms with Gasteiger partial charge >= 0.3 is 0 Å². The Labute approximate surface area is 87.0 Å². The van der Waals surface area contributed by atoms with Crippen LogP contribution in [0.15, 0.2) is 30.4 Å². The highest BCUT2D eigenvalue weighted by atomic mass is 35.5. The van der Waals surface area contributed by atoms with Crippen molar-refractivity contribution in [3.8, 4) is 0 Å². The van der Waals surface area contributed by atoms with E-state index < -0.39 is 0 Å². The van der Waals surface area contributed by atoms with E-state index in [4.69, 9.17) is 23.2 Å². The predicted octanol–water partition coefficient (Wildman–Crippen LogP) is 3.75. The molecule has 0 saturated carbocycles. The number of carbonyl (C=O) groups is 1. The van der Waals surface area contributed by atoms with Crippen LogP contribution in [0.5, 0.6) is 0 Å². The van der Waals surface area contributed by atoms with Crippen molar-refractivity contribution >= 4 is 29.0 Å². The van der Waals surface area contributed by atoms with Crippen molar-refractivity contribution in [2.45, 2.75) is 6.92 Å². The topological polar surface area (TPSA) is 17.1 Å². The molecule has 1 nitrogen and oxygen atoms in total. The molecular formula is C10H8Cl2O. The van der Waals surface area contributed by atoms with Crippen molar-refractivity contribution in [3.05, 3.63) is 46.0 Å². The Morgan fingerprint density at radius 1 is 1.38 bits per heavy atom. The molecule has 0 atom stereocenters. The SMILES string of the molecule is C=C(C)C(=O)c1cccc(Cl)c1Cl. The van der Waals surface area contributed by atoms with Crippen LogP contribution >= 0.6 is 23.2 Å². The zero-order valence-electron chi connectivity index (χ0n) is 7.10. The maximum atomic E-state index is 11.5. The van der Waals surface area contributed by atoms with Gasteiger partial charge in [-0.2, -0.15) is 0 Å². The summed E-state index contributed by atoms with van der Waals surface area (Å²) in [5.41, 5.74) is 0.853. The molecule has 0 aliphatic heterocycles. The van der Waals surface area contributed by atoms with Gasteiger partial charge in [0.1, 0.15) is 0 Å². The van der Waals surface area contributed by atoms with Crippen LogP contribution in [-0.4, -0.2) is 5.78 Å². The summed E-state index contributed by atoms with van der Waals surface area (Å²) in [6, 6.07) is 4.95. The number of benzene rings is 1. The van der Waals surface area contributed by atoms with Crippen LogP contribution in [0.1, 0.15) is 17.3 Å². The lowest BCUT2D eigenvalue weighted by molar-refractivity contribution is 0.103. The molecule has 0 amide bonds. The lowest BCUT2D eigenvalue weighted by atomic mass is 10.1. The first-order chi connectivity index (χ1) is 6.04. The van der Waals surface area contributed by atoms with Crippen LogP contribution in [0.25, 0.3) is 0 Å². The normalized spacial score (nSPS) is 9.77. The number of rotatable bonds is 2. The molecule has 0 radical (unpaired) electrons. The highest BCUT2D eigenvalue weighted by Crippen LogP contribution is 2.26. The second-order valence-electron chi connectivity index (χ2n) is 2.71. The largest absolute Gasteiger partial charge is 0.289 e. The molecule has 0 unspecified atom stereocenters. The zero-order chi connectivity index (χ0) is 10.0. The molecule has 1 rings (SSSR count). The average molecular weight is 215 g/mol. The lowest BCUT2D eigenvalue weighted by Gasteiger charge is -2.03. The van der Waals surface area contributed by atoms with Gasteiger partial charge < -0.3 is 0 Å². The summed E-state index contributed by atoms with van der Waals surface area (Å²) in [4.78, 5) is 11.5. The van der Waals surface area contributed by atoms with E-state index in [1.807, 2.05) is 0 Å². The zero-order valence-corrected chi connectivity index (χ0v) is 8.62. The highest BCUT2D eigenvalue weighted by Gasteiger charge is 2.12. The molecule has 13 heavy (non-hydrogen) atoms. The fourth-order valence-corrected chi connectivity index (χ4v) is 1.30. The van der Waals surface area contributed by atoms with Crippen molar-refractivity contribution < 1.29 is 4.79 Å². The molecular weight excluding hydrogens is 207 g/mol. The Morgan fingerprint density at radius 3 is 2.54 bits per heavy atom. The van der Waals surface area contributed by atoms with Crippen molar-refractivity contribution in [2.75, 3.05) is 0 Å². The Kier molecular flexibility index (Phi) is 3.12. The fraction of sp³-hybridized carbons (Fsp3) is 0.100. The monoisotopic (exact) mass is 214 g/mol. The Balaban J connectivity index is 3.23. The molecule has 1 aromatic rings. The Hall–Kier alpha value is -0.790. The van der Waals surface area contributed by atoms with Gasteiger partial charge in [0.25, 0.3) is 0 Å². The average Bonchev–Trinajstić information content (AvgIpc) is 2.08.